The molecule has 0 amide bonds. The summed E-state index contributed by atoms with van der Waals surface area (Å²) in [6, 6.07) is 16.6. The Morgan fingerprint density at radius 2 is 1.61 bits per heavy atom. The van der Waals surface area contributed by atoms with Crippen LogP contribution in [0.1, 0.15) is 46.1 Å². The second-order valence-corrected chi connectivity index (χ2v) is 8.69. The number of Topliss-reactive ketones (excluding diaryl/α,β-unsaturated/α-hetero) is 1. The second-order valence-electron chi connectivity index (χ2n) is 8.69. The molecular formula is C26H32O2. The first kappa shape index (κ1) is 20.4. The van der Waals surface area contributed by atoms with Crippen LogP contribution >= 0.6 is 0 Å². The third-order valence-corrected chi connectivity index (χ3v) is 6.70. The van der Waals surface area contributed by atoms with E-state index in [0.717, 1.165) is 24.2 Å². The first-order valence-electron chi connectivity index (χ1n) is 10.3. The van der Waals surface area contributed by atoms with Crippen LogP contribution in [0.3, 0.4) is 0 Å². The molecule has 0 aromatic heterocycles. The monoisotopic (exact) mass is 376 g/mol. The van der Waals surface area contributed by atoms with Gasteiger partial charge < -0.3 is 4.74 Å². The smallest absolute Gasteiger partial charge is 0.146 e. The van der Waals surface area contributed by atoms with E-state index in [0.29, 0.717) is 17.6 Å². The molecule has 3 atom stereocenters. The summed E-state index contributed by atoms with van der Waals surface area (Å²) in [5.41, 5.74) is 3.28. The van der Waals surface area contributed by atoms with Gasteiger partial charge in [0.05, 0.1) is 7.11 Å². The molecule has 0 spiro atoms. The number of hydrogen-bond acceptors (Lipinski definition) is 2. The van der Waals surface area contributed by atoms with Crippen LogP contribution in [0, 0.1) is 23.2 Å². The average Bonchev–Trinajstić information content (AvgIpc) is 2.71. The zero-order valence-electron chi connectivity index (χ0n) is 17.7. The van der Waals surface area contributed by atoms with Crippen molar-refractivity contribution in [1.29, 1.82) is 0 Å². The fraction of sp³-hybridized carbons (Fsp3) is 0.423. The molecule has 0 radical (unpaired) electrons. The molecule has 1 saturated carbocycles. The van der Waals surface area contributed by atoms with E-state index in [2.05, 4.69) is 76.2 Å². The Labute approximate surface area is 169 Å². The number of benzene rings is 2. The highest BCUT2D eigenvalue weighted by atomic mass is 16.5. The first-order chi connectivity index (χ1) is 13.3. The molecule has 148 valence electrons. The van der Waals surface area contributed by atoms with E-state index in [1.165, 1.54) is 11.1 Å². The normalized spacial score (nSPS) is 25.4. The van der Waals surface area contributed by atoms with E-state index in [4.69, 9.17) is 4.74 Å². The summed E-state index contributed by atoms with van der Waals surface area (Å²) in [4.78, 5) is 13.2. The number of carbonyl (C=O) groups excluding carboxylic acids is 1. The van der Waals surface area contributed by atoms with Crippen LogP contribution in [-0.4, -0.2) is 12.9 Å². The Hall–Kier alpha value is -2.35. The molecule has 2 aromatic rings. The molecule has 0 heterocycles. The van der Waals surface area contributed by atoms with E-state index in [-0.39, 0.29) is 11.3 Å². The van der Waals surface area contributed by atoms with Crippen molar-refractivity contribution in [2.45, 2.75) is 40.5 Å². The van der Waals surface area contributed by atoms with Crippen molar-refractivity contribution in [3.05, 3.63) is 60.2 Å². The van der Waals surface area contributed by atoms with Crippen LogP contribution in [0.25, 0.3) is 17.2 Å². The highest BCUT2D eigenvalue weighted by molar-refractivity contribution is 5.90. The van der Waals surface area contributed by atoms with Crippen LogP contribution in [0.2, 0.25) is 0 Å². The molecule has 0 aliphatic heterocycles. The number of rotatable bonds is 5. The quantitative estimate of drug-likeness (QED) is 0.584. The molecule has 2 nitrogen and oxygen atoms in total. The van der Waals surface area contributed by atoms with Crippen molar-refractivity contribution >= 4 is 11.9 Å². The molecule has 3 rings (SSSR count). The fourth-order valence-corrected chi connectivity index (χ4v) is 4.10. The average molecular weight is 377 g/mol. The molecular weight excluding hydrogens is 344 g/mol. The van der Waals surface area contributed by atoms with Crippen molar-refractivity contribution in [1.82, 2.24) is 0 Å². The number of hydrogen-bond donors (Lipinski definition) is 0. The van der Waals surface area contributed by atoms with Crippen LogP contribution < -0.4 is 4.74 Å². The van der Waals surface area contributed by atoms with Gasteiger partial charge in [0.1, 0.15) is 11.5 Å². The second kappa shape index (κ2) is 8.34. The zero-order chi connectivity index (χ0) is 20.3. The summed E-state index contributed by atoms with van der Waals surface area (Å²) < 4.78 is 5.22. The van der Waals surface area contributed by atoms with Gasteiger partial charge in [-0.3, -0.25) is 4.79 Å². The number of carbonyl (C=O) groups is 1. The van der Waals surface area contributed by atoms with Crippen molar-refractivity contribution < 1.29 is 9.53 Å². The number of methoxy groups -OCH3 is 1. The van der Waals surface area contributed by atoms with Gasteiger partial charge in [0.25, 0.3) is 0 Å². The molecule has 1 fully saturated rings. The summed E-state index contributed by atoms with van der Waals surface area (Å²) in [5, 5.41) is 0. The molecule has 1 aliphatic rings. The summed E-state index contributed by atoms with van der Waals surface area (Å²) in [6.07, 6.45) is 6.37. The van der Waals surface area contributed by atoms with Gasteiger partial charge in [-0.15, -0.1) is 0 Å². The molecule has 0 bridgehead atoms. The number of ether oxygens (including phenoxy) is 1. The van der Waals surface area contributed by atoms with Gasteiger partial charge in [0, 0.05) is 11.3 Å². The maximum atomic E-state index is 13.2. The summed E-state index contributed by atoms with van der Waals surface area (Å²) in [5.74, 6) is 2.08. The van der Waals surface area contributed by atoms with Crippen LogP contribution in [0.4, 0.5) is 0 Å². The predicted molar refractivity (Wildman–Crippen MR) is 117 cm³/mol. The van der Waals surface area contributed by atoms with Gasteiger partial charge in [-0.05, 0) is 53.5 Å². The van der Waals surface area contributed by atoms with Crippen molar-refractivity contribution in [2.24, 2.45) is 23.2 Å². The minimum absolute atomic E-state index is 0.0161. The SMILES string of the molecule is COc1ccc(-c2ccc(/C=C/C3C(=O)[C@@](C)(C(C)C)CC[C@H]3C)cc2)cc1. The summed E-state index contributed by atoms with van der Waals surface area (Å²) >= 11 is 0. The van der Waals surface area contributed by atoms with Gasteiger partial charge in [-0.2, -0.15) is 0 Å². The van der Waals surface area contributed by atoms with E-state index >= 15 is 0 Å². The first-order valence-corrected chi connectivity index (χ1v) is 10.3. The van der Waals surface area contributed by atoms with Gasteiger partial charge in [0.2, 0.25) is 0 Å². The van der Waals surface area contributed by atoms with E-state index in [1.54, 1.807) is 7.11 Å². The lowest BCUT2D eigenvalue weighted by atomic mass is 9.61. The maximum absolute atomic E-state index is 13.2. The standard InChI is InChI=1S/C26H32O2/c1-18(2)26(4)17-16-19(3)24(25(26)27)15-8-20-6-9-21(10-7-20)22-11-13-23(28-5)14-12-22/h6-15,18-19,24H,16-17H2,1-5H3/b15-8+/t19-,24?,26-/m1/s1. The number of allylic oxidation sites excluding steroid dienone is 1. The van der Waals surface area contributed by atoms with E-state index in [9.17, 15) is 4.79 Å². The molecule has 2 aromatic carbocycles. The highest BCUT2D eigenvalue weighted by Gasteiger charge is 2.44. The summed E-state index contributed by atoms with van der Waals surface area (Å²) in [6.45, 7) is 8.70. The Balaban J connectivity index is 1.75. The van der Waals surface area contributed by atoms with E-state index in [1.807, 2.05) is 12.1 Å². The minimum Gasteiger partial charge on any atom is -0.497 e. The van der Waals surface area contributed by atoms with Crippen molar-refractivity contribution in [2.75, 3.05) is 7.11 Å². The lowest BCUT2D eigenvalue weighted by molar-refractivity contribution is -0.138. The molecule has 28 heavy (non-hydrogen) atoms. The third-order valence-electron chi connectivity index (χ3n) is 6.70. The maximum Gasteiger partial charge on any atom is 0.146 e. The van der Waals surface area contributed by atoms with Gasteiger partial charge in [0.15, 0.2) is 0 Å². The minimum atomic E-state index is -0.195. The van der Waals surface area contributed by atoms with Crippen LogP contribution in [-0.2, 0) is 4.79 Å². The number of ketones is 1. The van der Waals surface area contributed by atoms with Gasteiger partial charge in [-0.25, -0.2) is 0 Å². The largest absolute Gasteiger partial charge is 0.497 e. The molecule has 2 heteroatoms. The fourth-order valence-electron chi connectivity index (χ4n) is 4.10. The lowest BCUT2D eigenvalue weighted by Gasteiger charge is -2.41. The van der Waals surface area contributed by atoms with Crippen LogP contribution in [0.15, 0.2) is 54.6 Å². The molecule has 0 N–H and O–H groups in total. The topological polar surface area (TPSA) is 26.3 Å². The van der Waals surface area contributed by atoms with Crippen molar-refractivity contribution in [3.63, 3.8) is 0 Å². The third kappa shape index (κ3) is 4.06. The Morgan fingerprint density at radius 1 is 1.04 bits per heavy atom. The zero-order valence-corrected chi connectivity index (χ0v) is 17.7. The molecule has 0 saturated heterocycles. The summed E-state index contributed by atoms with van der Waals surface area (Å²) in [7, 11) is 1.68. The van der Waals surface area contributed by atoms with E-state index < -0.39 is 0 Å². The predicted octanol–water partition coefficient (Wildman–Crippen LogP) is 6.65. The Morgan fingerprint density at radius 3 is 2.14 bits per heavy atom. The Kier molecular flexibility index (Phi) is 6.07. The van der Waals surface area contributed by atoms with Crippen LogP contribution in [0.5, 0.6) is 5.75 Å². The molecule has 1 aliphatic carbocycles. The highest BCUT2D eigenvalue weighted by Crippen LogP contribution is 2.44. The molecule has 1 unspecified atom stereocenters. The van der Waals surface area contributed by atoms with Gasteiger partial charge in [-0.1, -0.05) is 76.2 Å². The van der Waals surface area contributed by atoms with Crippen molar-refractivity contribution in [3.8, 4) is 16.9 Å². The Bertz CT molecular complexity index is 830. The lowest BCUT2D eigenvalue weighted by Crippen LogP contribution is -2.43. The van der Waals surface area contributed by atoms with Gasteiger partial charge >= 0.3 is 0 Å².